The molecule has 134 valence electrons. The Hall–Kier alpha value is -1.88. The fraction of sp³-hybridized carbons (Fsp3) is 0.429. The lowest BCUT2D eigenvalue weighted by atomic mass is 10.0. The zero-order chi connectivity index (χ0) is 17.6. The van der Waals surface area contributed by atoms with E-state index in [1.54, 1.807) is 0 Å². The molecule has 2 aromatic rings. The normalized spacial score (nSPS) is 16.8. The molecular weight excluding hydrogens is 314 g/mol. The van der Waals surface area contributed by atoms with Gasteiger partial charge in [0.1, 0.15) is 5.75 Å². The Kier molecular flexibility index (Phi) is 6.08. The maximum atomic E-state index is 10.5. The summed E-state index contributed by atoms with van der Waals surface area (Å²) in [6, 6.07) is 16.2. The molecule has 1 saturated heterocycles. The molecule has 0 aromatic heterocycles. The molecule has 0 aliphatic carbocycles. The largest absolute Gasteiger partial charge is 0.490 e. The fourth-order valence-corrected chi connectivity index (χ4v) is 3.08. The molecule has 4 heteroatoms. The van der Waals surface area contributed by atoms with Crippen molar-refractivity contribution in [1.29, 1.82) is 0 Å². The molecule has 1 N–H and O–H groups in total. The van der Waals surface area contributed by atoms with Crippen LogP contribution in [0.15, 0.2) is 48.5 Å². The summed E-state index contributed by atoms with van der Waals surface area (Å²) in [7, 11) is 0. The van der Waals surface area contributed by atoms with Gasteiger partial charge in [-0.15, -0.1) is 0 Å². The van der Waals surface area contributed by atoms with Gasteiger partial charge in [0.2, 0.25) is 0 Å². The zero-order valence-corrected chi connectivity index (χ0v) is 15.0. The molecule has 1 atom stereocenters. The van der Waals surface area contributed by atoms with Gasteiger partial charge in [-0.05, 0) is 31.0 Å². The Morgan fingerprint density at radius 2 is 1.72 bits per heavy atom. The van der Waals surface area contributed by atoms with Crippen LogP contribution >= 0.6 is 0 Å². The van der Waals surface area contributed by atoms with Crippen molar-refractivity contribution in [1.82, 2.24) is 4.90 Å². The summed E-state index contributed by atoms with van der Waals surface area (Å²) in [5, 5.41) is 10.5. The second-order valence-corrected chi connectivity index (χ2v) is 6.71. The van der Waals surface area contributed by atoms with Crippen LogP contribution in [0.1, 0.15) is 25.5 Å². The molecular formula is C21H27NO3. The van der Waals surface area contributed by atoms with Crippen LogP contribution in [0, 0.1) is 0 Å². The quantitative estimate of drug-likeness (QED) is 0.873. The lowest BCUT2D eigenvalue weighted by Crippen LogP contribution is -2.38. The van der Waals surface area contributed by atoms with Crippen LogP contribution in [0.5, 0.6) is 5.75 Å². The number of morpholine rings is 1. The fourth-order valence-electron chi connectivity index (χ4n) is 3.08. The van der Waals surface area contributed by atoms with Gasteiger partial charge < -0.3 is 14.6 Å². The van der Waals surface area contributed by atoms with Gasteiger partial charge >= 0.3 is 0 Å². The number of ether oxygens (including phenoxy) is 2. The lowest BCUT2D eigenvalue weighted by Gasteiger charge is -2.28. The number of β-amino-alcohol motifs (C(OH)–C–C–N with tert-alkyl or cyclic N) is 1. The maximum absolute atomic E-state index is 10.5. The average molecular weight is 341 g/mol. The van der Waals surface area contributed by atoms with Gasteiger partial charge in [0, 0.05) is 25.2 Å². The van der Waals surface area contributed by atoms with Crippen LogP contribution < -0.4 is 4.74 Å². The Labute approximate surface area is 150 Å². The van der Waals surface area contributed by atoms with Gasteiger partial charge in [0.15, 0.2) is 0 Å². The third kappa shape index (κ3) is 4.82. The third-order valence-electron chi connectivity index (χ3n) is 4.39. The van der Waals surface area contributed by atoms with Gasteiger partial charge in [-0.25, -0.2) is 0 Å². The van der Waals surface area contributed by atoms with Gasteiger partial charge in [0.05, 0.1) is 25.4 Å². The van der Waals surface area contributed by atoms with Crippen LogP contribution in [0.25, 0.3) is 11.1 Å². The molecule has 4 nitrogen and oxygen atoms in total. The van der Waals surface area contributed by atoms with Crippen LogP contribution in [-0.4, -0.2) is 49.0 Å². The van der Waals surface area contributed by atoms with E-state index in [1.807, 2.05) is 44.2 Å². The van der Waals surface area contributed by atoms with Gasteiger partial charge in [-0.2, -0.15) is 0 Å². The molecule has 1 aliphatic rings. The summed E-state index contributed by atoms with van der Waals surface area (Å²) in [5.74, 6) is 0.888. The minimum atomic E-state index is -0.477. The molecule has 0 bridgehead atoms. The van der Waals surface area contributed by atoms with E-state index in [9.17, 15) is 5.11 Å². The first-order valence-electron chi connectivity index (χ1n) is 8.97. The number of aliphatic hydroxyl groups excluding tert-OH is 1. The summed E-state index contributed by atoms with van der Waals surface area (Å²) in [4.78, 5) is 2.24. The first kappa shape index (κ1) is 17.9. The van der Waals surface area contributed by atoms with Crippen molar-refractivity contribution in [2.24, 2.45) is 0 Å². The highest BCUT2D eigenvalue weighted by molar-refractivity contribution is 5.70. The first-order valence-corrected chi connectivity index (χ1v) is 8.97. The van der Waals surface area contributed by atoms with Crippen molar-refractivity contribution in [3.05, 3.63) is 54.1 Å². The van der Waals surface area contributed by atoms with E-state index < -0.39 is 6.10 Å². The molecule has 0 spiro atoms. The van der Waals surface area contributed by atoms with E-state index in [4.69, 9.17) is 9.47 Å². The molecule has 1 heterocycles. The van der Waals surface area contributed by atoms with Crippen LogP contribution in [-0.2, 0) is 4.74 Å². The number of hydrogen-bond donors (Lipinski definition) is 1. The molecule has 0 radical (unpaired) electrons. The predicted octanol–water partition coefficient (Wildman–Crippen LogP) is 3.51. The molecule has 25 heavy (non-hydrogen) atoms. The summed E-state index contributed by atoms with van der Waals surface area (Å²) in [6.07, 6.45) is -0.343. The van der Waals surface area contributed by atoms with Crippen molar-refractivity contribution in [2.45, 2.75) is 26.1 Å². The number of aliphatic hydroxyl groups is 1. The second-order valence-electron chi connectivity index (χ2n) is 6.71. The van der Waals surface area contributed by atoms with Gasteiger partial charge in [-0.3, -0.25) is 4.90 Å². The SMILES string of the molecule is CC(C)Oc1ccccc1-c1ccc([C@H](O)CN2CCOCC2)cc1. The highest BCUT2D eigenvalue weighted by atomic mass is 16.5. The van der Waals surface area contributed by atoms with E-state index in [-0.39, 0.29) is 6.10 Å². The molecule has 3 rings (SSSR count). The number of hydrogen-bond acceptors (Lipinski definition) is 4. The highest BCUT2D eigenvalue weighted by Crippen LogP contribution is 2.31. The minimum Gasteiger partial charge on any atom is -0.490 e. The number of nitrogens with zero attached hydrogens (tertiary/aromatic N) is 1. The summed E-state index contributed by atoms with van der Waals surface area (Å²) in [5.41, 5.74) is 3.11. The van der Waals surface area contributed by atoms with E-state index in [0.717, 1.165) is 48.7 Å². The standard InChI is InChI=1S/C21H27NO3/c1-16(2)25-21-6-4-3-5-19(21)17-7-9-18(10-8-17)20(23)15-22-11-13-24-14-12-22/h3-10,16,20,23H,11-15H2,1-2H3/t20-/m1/s1. The molecule has 0 unspecified atom stereocenters. The lowest BCUT2D eigenvalue weighted by molar-refractivity contribution is 0.0143. The summed E-state index contributed by atoms with van der Waals surface area (Å²) < 4.78 is 11.3. The van der Waals surface area contributed by atoms with E-state index in [0.29, 0.717) is 6.54 Å². The van der Waals surface area contributed by atoms with Crippen LogP contribution in [0.4, 0.5) is 0 Å². The maximum Gasteiger partial charge on any atom is 0.127 e. The number of benzene rings is 2. The van der Waals surface area contributed by atoms with Crippen molar-refractivity contribution < 1.29 is 14.6 Å². The third-order valence-corrected chi connectivity index (χ3v) is 4.39. The smallest absolute Gasteiger partial charge is 0.127 e. The first-order chi connectivity index (χ1) is 12.1. The van der Waals surface area contributed by atoms with E-state index >= 15 is 0 Å². The monoisotopic (exact) mass is 341 g/mol. The van der Waals surface area contributed by atoms with Crippen molar-refractivity contribution in [3.8, 4) is 16.9 Å². The van der Waals surface area contributed by atoms with E-state index in [1.165, 1.54) is 0 Å². The summed E-state index contributed by atoms with van der Waals surface area (Å²) in [6.45, 7) is 7.97. The molecule has 1 aliphatic heterocycles. The van der Waals surface area contributed by atoms with Crippen LogP contribution in [0.3, 0.4) is 0 Å². The highest BCUT2D eigenvalue weighted by Gasteiger charge is 2.16. The Balaban J connectivity index is 1.71. The second kappa shape index (κ2) is 8.48. The molecule has 1 fully saturated rings. The predicted molar refractivity (Wildman–Crippen MR) is 99.9 cm³/mol. The average Bonchev–Trinajstić information content (AvgIpc) is 2.63. The topological polar surface area (TPSA) is 41.9 Å². The van der Waals surface area contributed by atoms with Crippen LogP contribution in [0.2, 0.25) is 0 Å². The molecule has 0 saturated carbocycles. The minimum absolute atomic E-state index is 0.135. The Bertz CT molecular complexity index is 663. The van der Waals surface area contributed by atoms with Crippen molar-refractivity contribution in [2.75, 3.05) is 32.8 Å². The van der Waals surface area contributed by atoms with Gasteiger partial charge in [-0.1, -0.05) is 42.5 Å². The van der Waals surface area contributed by atoms with E-state index in [2.05, 4.69) is 23.1 Å². The number of rotatable bonds is 6. The number of para-hydroxylation sites is 1. The molecule has 0 amide bonds. The van der Waals surface area contributed by atoms with Crippen molar-refractivity contribution >= 4 is 0 Å². The summed E-state index contributed by atoms with van der Waals surface area (Å²) >= 11 is 0. The van der Waals surface area contributed by atoms with Gasteiger partial charge in [0.25, 0.3) is 0 Å². The van der Waals surface area contributed by atoms with Crippen molar-refractivity contribution in [3.63, 3.8) is 0 Å². The Morgan fingerprint density at radius 1 is 1.04 bits per heavy atom. The molecule has 2 aromatic carbocycles. The Morgan fingerprint density at radius 3 is 2.40 bits per heavy atom. The zero-order valence-electron chi connectivity index (χ0n) is 15.0.